The lowest BCUT2D eigenvalue weighted by Gasteiger charge is -2.24. The van der Waals surface area contributed by atoms with Gasteiger partial charge in [-0.05, 0) is 37.1 Å². The molecule has 0 bridgehead atoms. The zero-order valence-corrected chi connectivity index (χ0v) is 17.7. The number of amides is 1. The molecular weight excluding hydrogens is 378 g/mol. The molecule has 0 N–H and O–H groups in total. The van der Waals surface area contributed by atoms with E-state index in [1.54, 1.807) is 19.1 Å². The molecule has 0 radical (unpaired) electrons. The van der Waals surface area contributed by atoms with Gasteiger partial charge in [0, 0.05) is 43.7 Å². The van der Waals surface area contributed by atoms with E-state index in [-0.39, 0.29) is 5.91 Å². The maximum absolute atomic E-state index is 13.5. The molecule has 2 aromatic carbocycles. The maximum atomic E-state index is 13.5. The highest BCUT2D eigenvalue weighted by atomic mass is 16.5. The minimum Gasteiger partial charge on any atom is -0.497 e. The number of ether oxygens (including phenoxy) is 2. The van der Waals surface area contributed by atoms with E-state index in [9.17, 15) is 4.79 Å². The number of aromatic nitrogens is 1. The van der Waals surface area contributed by atoms with Crippen LogP contribution in [0.5, 0.6) is 11.5 Å². The number of nitrogens with zero attached hydrogens (tertiary/aromatic N) is 3. The van der Waals surface area contributed by atoms with Crippen molar-refractivity contribution >= 4 is 22.6 Å². The number of hydrogen-bond acceptors (Lipinski definition) is 5. The topological polar surface area (TPSA) is 54.9 Å². The Kier molecular flexibility index (Phi) is 5.74. The van der Waals surface area contributed by atoms with Crippen molar-refractivity contribution in [1.82, 2.24) is 9.88 Å². The van der Waals surface area contributed by atoms with Gasteiger partial charge in [0.2, 0.25) is 0 Å². The van der Waals surface area contributed by atoms with Crippen molar-refractivity contribution in [3.05, 3.63) is 59.7 Å². The number of carbonyl (C=O) groups is 1. The number of para-hydroxylation sites is 1. The molecule has 1 fully saturated rings. The first kappa shape index (κ1) is 20.0. The number of anilines is 1. The lowest BCUT2D eigenvalue weighted by atomic mass is 10.1. The molecule has 156 valence electrons. The van der Waals surface area contributed by atoms with Gasteiger partial charge in [0.15, 0.2) is 0 Å². The summed E-state index contributed by atoms with van der Waals surface area (Å²) in [5.74, 6) is 2.16. The number of pyridine rings is 1. The first-order valence-electron chi connectivity index (χ1n) is 10.2. The largest absolute Gasteiger partial charge is 0.497 e. The van der Waals surface area contributed by atoms with Crippen LogP contribution in [-0.4, -0.2) is 50.1 Å². The maximum Gasteiger partial charge on any atom is 0.257 e. The Labute approximate surface area is 177 Å². The normalized spacial score (nSPS) is 13.5. The summed E-state index contributed by atoms with van der Waals surface area (Å²) in [6.07, 6.45) is 2.25. The van der Waals surface area contributed by atoms with Gasteiger partial charge in [-0.25, -0.2) is 4.98 Å². The van der Waals surface area contributed by atoms with Gasteiger partial charge < -0.3 is 19.3 Å². The molecule has 3 aromatic rings. The van der Waals surface area contributed by atoms with Crippen LogP contribution in [0.1, 0.15) is 28.8 Å². The summed E-state index contributed by atoms with van der Waals surface area (Å²) in [6.45, 7) is 2.29. The van der Waals surface area contributed by atoms with Crippen LogP contribution < -0.4 is 14.4 Å². The number of carbonyl (C=O) groups excluding carboxylic acids is 1. The first-order valence-corrected chi connectivity index (χ1v) is 10.2. The van der Waals surface area contributed by atoms with E-state index in [2.05, 4.69) is 4.90 Å². The van der Waals surface area contributed by atoms with Crippen LogP contribution in [0.2, 0.25) is 0 Å². The molecule has 4 rings (SSSR count). The van der Waals surface area contributed by atoms with E-state index >= 15 is 0 Å². The Hall–Kier alpha value is -3.28. The average Bonchev–Trinajstić information content (AvgIpc) is 3.32. The van der Waals surface area contributed by atoms with Crippen molar-refractivity contribution in [2.75, 3.05) is 39.3 Å². The van der Waals surface area contributed by atoms with Crippen LogP contribution in [0.3, 0.4) is 0 Å². The first-order chi connectivity index (χ1) is 14.6. The monoisotopic (exact) mass is 405 g/mol. The molecule has 1 amide bonds. The Morgan fingerprint density at radius 3 is 2.57 bits per heavy atom. The molecule has 0 aliphatic carbocycles. The van der Waals surface area contributed by atoms with Crippen LogP contribution in [0, 0.1) is 0 Å². The zero-order valence-electron chi connectivity index (χ0n) is 17.7. The number of methoxy groups -OCH3 is 2. The van der Waals surface area contributed by atoms with Crippen LogP contribution in [-0.2, 0) is 6.54 Å². The molecule has 1 aromatic heterocycles. The lowest BCUT2D eigenvalue weighted by molar-refractivity contribution is 0.0784. The number of fused-ring (bicyclic) bond motifs is 1. The van der Waals surface area contributed by atoms with E-state index in [1.165, 1.54) is 0 Å². The van der Waals surface area contributed by atoms with E-state index in [0.717, 1.165) is 54.0 Å². The molecule has 0 atom stereocenters. The van der Waals surface area contributed by atoms with Gasteiger partial charge in [0.25, 0.3) is 5.91 Å². The molecule has 0 saturated carbocycles. The van der Waals surface area contributed by atoms with Crippen molar-refractivity contribution in [3.8, 4) is 11.5 Å². The van der Waals surface area contributed by atoms with Crippen molar-refractivity contribution in [2.45, 2.75) is 19.4 Å². The Balaban J connectivity index is 1.67. The minimum atomic E-state index is -0.0481. The molecule has 1 aliphatic heterocycles. The molecule has 30 heavy (non-hydrogen) atoms. The molecule has 1 saturated heterocycles. The summed E-state index contributed by atoms with van der Waals surface area (Å²) in [5.41, 5.74) is 2.48. The number of benzene rings is 2. The number of rotatable bonds is 6. The second-order valence-electron chi connectivity index (χ2n) is 7.59. The quantitative estimate of drug-likeness (QED) is 0.617. The van der Waals surface area contributed by atoms with Crippen molar-refractivity contribution in [2.24, 2.45) is 0 Å². The third-order valence-electron chi connectivity index (χ3n) is 5.59. The van der Waals surface area contributed by atoms with E-state index in [4.69, 9.17) is 14.5 Å². The Morgan fingerprint density at radius 2 is 1.83 bits per heavy atom. The predicted molar refractivity (Wildman–Crippen MR) is 119 cm³/mol. The summed E-state index contributed by atoms with van der Waals surface area (Å²) < 4.78 is 10.8. The average molecular weight is 405 g/mol. The van der Waals surface area contributed by atoms with Gasteiger partial charge in [-0.2, -0.15) is 0 Å². The third kappa shape index (κ3) is 3.90. The van der Waals surface area contributed by atoms with Crippen molar-refractivity contribution in [3.63, 3.8) is 0 Å². The van der Waals surface area contributed by atoms with Crippen LogP contribution in [0.15, 0.2) is 48.5 Å². The van der Waals surface area contributed by atoms with E-state index in [1.807, 2.05) is 55.6 Å². The lowest BCUT2D eigenvalue weighted by Crippen LogP contribution is -2.30. The predicted octanol–water partition coefficient (Wildman–Crippen LogP) is 4.12. The molecule has 6 nitrogen and oxygen atoms in total. The highest BCUT2D eigenvalue weighted by Gasteiger charge is 2.24. The summed E-state index contributed by atoms with van der Waals surface area (Å²) in [5, 5.41) is 0.972. The van der Waals surface area contributed by atoms with E-state index in [0.29, 0.717) is 17.9 Å². The second kappa shape index (κ2) is 8.61. The molecule has 6 heteroatoms. The molecule has 2 heterocycles. The summed E-state index contributed by atoms with van der Waals surface area (Å²) in [7, 11) is 5.06. The third-order valence-corrected chi connectivity index (χ3v) is 5.59. The summed E-state index contributed by atoms with van der Waals surface area (Å²) in [6, 6.07) is 15.6. The minimum absolute atomic E-state index is 0.0481. The fraction of sp³-hybridized carbons (Fsp3) is 0.333. The van der Waals surface area contributed by atoms with Crippen LogP contribution >= 0.6 is 0 Å². The van der Waals surface area contributed by atoms with Crippen molar-refractivity contribution in [1.29, 1.82) is 0 Å². The molecular formula is C24H27N3O3. The van der Waals surface area contributed by atoms with Crippen molar-refractivity contribution < 1.29 is 14.3 Å². The zero-order chi connectivity index (χ0) is 21.1. The second-order valence-corrected chi connectivity index (χ2v) is 7.59. The highest BCUT2D eigenvalue weighted by molar-refractivity contribution is 6.02. The summed E-state index contributed by atoms with van der Waals surface area (Å²) >= 11 is 0. The SMILES string of the molecule is COc1ccc(CN(C)C(=O)c2cc3ccccc3nc2N2CCCC2)c(OC)c1. The fourth-order valence-corrected chi connectivity index (χ4v) is 3.95. The Morgan fingerprint density at radius 1 is 1.07 bits per heavy atom. The fourth-order valence-electron chi connectivity index (χ4n) is 3.95. The van der Waals surface area contributed by atoms with Gasteiger partial charge in [-0.15, -0.1) is 0 Å². The highest BCUT2D eigenvalue weighted by Crippen LogP contribution is 2.29. The summed E-state index contributed by atoms with van der Waals surface area (Å²) in [4.78, 5) is 22.3. The standard InChI is InChI=1S/C24H27N3O3/c1-26(16-18-10-11-19(29-2)15-22(18)30-3)24(28)20-14-17-8-4-5-9-21(17)25-23(20)27-12-6-7-13-27/h4-5,8-11,14-15H,6-7,12-13,16H2,1-3H3. The van der Waals surface area contributed by atoms with Gasteiger partial charge >= 0.3 is 0 Å². The van der Waals surface area contributed by atoms with E-state index < -0.39 is 0 Å². The van der Waals surface area contributed by atoms with Crippen LogP contribution in [0.25, 0.3) is 10.9 Å². The van der Waals surface area contributed by atoms with Crippen LogP contribution in [0.4, 0.5) is 5.82 Å². The van der Waals surface area contributed by atoms with Gasteiger partial charge in [0.1, 0.15) is 17.3 Å². The molecule has 0 spiro atoms. The number of hydrogen-bond donors (Lipinski definition) is 0. The Bertz CT molecular complexity index is 1060. The smallest absolute Gasteiger partial charge is 0.257 e. The molecule has 1 aliphatic rings. The van der Waals surface area contributed by atoms with Gasteiger partial charge in [0.05, 0.1) is 25.3 Å². The molecule has 0 unspecified atom stereocenters. The van der Waals surface area contributed by atoms with Gasteiger partial charge in [-0.3, -0.25) is 4.79 Å². The van der Waals surface area contributed by atoms with Gasteiger partial charge in [-0.1, -0.05) is 18.2 Å².